The number of hydrogen-bond donors (Lipinski definition) is 1. The standard InChI is InChI=1S/C17H19ClO2/c1-12-4-3-5-13(2)17(12)10-15(19)11-20-16-8-6-14(18)7-9-16/h3-9,15,19H,10-11H2,1-2H3. The average molecular weight is 291 g/mol. The Morgan fingerprint density at radius 2 is 1.65 bits per heavy atom. The predicted molar refractivity (Wildman–Crippen MR) is 82.6 cm³/mol. The van der Waals surface area contributed by atoms with Crippen molar-refractivity contribution in [2.24, 2.45) is 0 Å². The van der Waals surface area contributed by atoms with Gasteiger partial charge in [-0.2, -0.15) is 0 Å². The Kier molecular flexibility index (Phi) is 5.05. The molecule has 0 fully saturated rings. The molecule has 0 aliphatic rings. The fourth-order valence-corrected chi connectivity index (χ4v) is 2.31. The summed E-state index contributed by atoms with van der Waals surface area (Å²) in [4.78, 5) is 0. The largest absolute Gasteiger partial charge is 0.491 e. The summed E-state index contributed by atoms with van der Waals surface area (Å²) in [6, 6.07) is 13.3. The minimum Gasteiger partial charge on any atom is -0.491 e. The summed E-state index contributed by atoms with van der Waals surface area (Å²) in [5.74, 6) is 0.718. The van der Waals surface area contributed by atoms with Crippen molar-refractivity contribution in [1.82, 2.24) is 0 Å². The first-order valence-corrected chi connectivity index (χ1v) is 7.05. The van der Waals surface area contributed by atoms with Gasteiger partial charge in [0.15, 0.2) is 0 Å². The molecule has 1 N–H and O–H groups in total. The van der Waals surface area contributed by atoms with E-state index in [4.69, 9.17) is 16.3 Å². The van der Waals surface area contributed by atoms with E-state index in [1.807, 2.05) is 6.07 Å². The lowest BCUT2D eigenvalue weighted by atomic mass is 9.98. The van der Waals surface area contributed by atoms with Gasteiger partial charge in [0.2, 0.25) is 0 Å². The van der Waals surface area contributed by atoms with E-state index < -0.39 is 6.10 Å². The summed E-state index contributed by atoms with van der Waals surface area (Å²) >= 11 is 5.81. The number of aliphatic hydroxyl groups is 1. The first kappa shape index (κ1) is 14.9. The average Bonchev–Trinajstić information content (AvgIpc) is 2.42. The molecule has 0 saturated carbocycles. The summed E-state index contributed by atoms with van der Waals surface area (Å²) in [6.45, 7) is 4.40. The highest BCUT2D eigenvalue weighted by Crippen LogP contribution is 2.18. The normalized spacial score (nSPS) is 12.2. The Balaban J connectivity index is 1.92. The zero-order valence-corrected chi connectivity index (χ0v) is 12.5. The SMILES string of the molecule is Cc1cccc(C)c1CC(O)COc1ccc(Cl)cc1. The molecule has 20 heavy (non-hydrogen) atoms. The first-order chi connectivity index (χ1) is 9.56. The van der Waals surface area contributed by atoms with Crippen LogP contribution in [-0.4, -0.2) is 17.8 Å². The molecule has 0 bridgehead atoms. The number of hydrogen-bond acceptors (Lipinski definition) is 2. The van der Waals surface area contributed by atoms with Gasteiger partial charge < -0.3 is 9.84 Å². The number of ether oxygens (including phenoxy) is 1. The van der Waals surface area contributed by atoms with Crippen LogP contribution in [0.1, 0.15) is 16.7 Å². The summed E-state index contributed by atoms with van der Waals surface area (Å²) in [7, 11) is 0. The third-order valence-electron chi connectivity index (χ3n) is 3.34. The lowest BCUT2D eigenvalue weighted by Gasteiger charge is -2.15. The molecule has 0 heterocycles. The Labute approximate surface area is 125 Å². The lowest BCUT2D eigenvalue weighted by Crippen LogP contribution is -2.21. The molecule has 2 rings (SSSR count). The van der Waals surface area contributed by atoms with Crippen LogP contribution in [0.15, 0.2) is 42.5 Å². The zero-order chi connectivity index (χ0) is 14.5. The van der Waals surface area contributed by atoms with Crippen molar-refractivity contribution in [3.63, 3.8) is 0 Å². The second kappa shape index (κ2) is 6.78. The van der Waals surface area contributed by atoms with Gasteiger partial charge >= 0.3 is 0 Å². The molecular formula is C17H19ClO2. The fraction of sp³-hybridized carbons (Fsp3) is 0.294. The molecule has 1 unspecified atom stereocenters. The lowest BCUT2D eigenvalue weighted by molar-refractivity contribution is 0.107. The fourth-order valence-electron chi connectivity index (χ4n) is 2.19. The maximum absolute atomic E-state index is 10.1. The smallest absolute Gasteiger partial charge is 0.119 e. The molecule has 2 nitrogen and oxygen atoms in total. The van der Waals surface area contributed by atoms with Crippen molar-refractivity contribution in [3.05, 3.63) is 64.2 Å². The van der Waals surface area contributed by atoms with Gasteiger partial charge in [0.1, 0.15) is 12.4 Å². The third kappa shape index (κ3) is 3.99. The van der Waals surface area contributed by atoms with E-state index in [-0.39, 0.29) is 6.61 Å². The van der Waals surface area contributed by atoms with Crippen LogP contribution in [0.3, 0.4) is 0 Å². The molecular weight excluding hydrogens is 272 g/mol. The van der Waals surface area contributed by atoms with Gasteiger partial charge in [-0.05, 0) is 54.8 Å². The van der Waals surface area contributed by atoms with E-state index in [9.17, 15) is 5.11 Å². The van der Waals surface area contributed by atoms with Crippen molar-refractivity contribution in [2.45, 2.75) is 26.4 Å². The van der Waals surface area contributed by atoms with E-state index in [0.29, 0.717) is 11.4 Å². The van der Waals surface area contributed by atoms with Crippen LogP contribution >= 0.6 is 11.6 Å². The summed E-state index contributed by atoms with van der Waals surface area (Å²) in [5.41, 5.74) is 3.60. The second-order valence-electron chi connectivity index (χ2n) is 4.99. The van der Waals surface area contributed by atoms with Gasteiger partial charge in [0.25, 0.3) is 0 Å². The van der Waals surface area contributed by atoms with Gasteiger partial charge in [-0.25, -0.2) is 0 Å². The van der Waals surface area contributed by atoms with Crippen molar-refractivity contribution >= 4 is 11.6 Å². The Hall–Kier alpha value is -1.51. The summed E-state index contributed by atoms with van der Waals surface area (Å²) in [5, 5.41) is 10.8. The second-order valence-corrected chi connectivity index (χ2v) is 5.43. The zero-order valence-electron chi connectivity index (χ0n) is 11.8. The van der Waals surface area contributed by atoms with Gasteiger partial charge in [0.05, 0.1) is 6.10 Å². The van der Waals surface area contributed by atoms with Crippen LogP contribution in [0.4, 0.5) is 0 Å². The van der Waals surface area contributed by atoms with Crippen molar-refractivity contribution in [2.75, 3.05) is 6.61 Å². The number of halogens is 1. The Bertz CT molecular complexity index is 543. The van der Waals surface area contributed by atoms with E-state index in [1.54, 1.807) is 24.3 Å². The highest BCUT2D eigenvalue weighted by molar-refractivity contribution is 6.30. The predicted octanol–water partition coefficient (Wildman–Crippen LogP) is 3.94. The van der Waals surface area contributed by atoms with Crippen LogP contribution < -0.4 is 4.74 Å². The van der Waals surface area contributed by atoms with E-state index in [0.717, 1.165) is 5.75 Å². The van der Waals surface area contributed by atoms with Gasteiger partial charge in [-0.1, -0.05) is 29.8 Å². The van der Waals surface area contributed by atoms with Crippen LogP contribution in [0.25, 0.3) is 0 Å². The van der Waals surface area contributed by atoms with E-state index in [2.05, 4.69) is 26.0 Å². The third-order valence-corrected chi connectivity index (χ3v) is 3.59. The molecule has 0 spiro atoms. The quantitative estimate of drug-likeness (QED) is 0.904. The van der Waals surface area contributed by atoms with Crippen LogP contribution in [0.5, 0.6) is 5.75 Å². The summed E-state index contributed by atoms with van der Waals surface area (Å²) in [6.07, 6.45) is 0.0806. The number of benzene rings is 2. The molecule has 0 aromatic heterocycles. The minimum atomic E-state index is -0.523. The van der Waals surface area contributed by atoms with Gasteiger partial charge in [-0.15, -0.1) is 0 Å². The van der Waals surface area contributed by atoms with E-state index >= 15 is 0 Å². The maximum atomic E-state index is 10.1. The van der Waals surface area contributed by atoms with Crippen molar-refractivity contribution in [3.8, 4) is 5.75 Å². The molecule has 0 saturated heterocycles. The van der Waals surface area contributed by atoms with Crippen molar-refractivity contribution in [1.29, 1.82) is 0 Å². The van der Waals surface area contributed by atoms with Gasteiger partial charge in [0, 0.05) is 11.4 Å². The molecule has 2 aromatic rings. The topological polar surface area (TPSA) is 29.5 Å². The number of aliphatic hydroxyl groups excluding tert-OH is 1. The molecule has 0 radical (unpaired) electrons. The van der Waals surface area contributed by atoms with Crippen LogP contribution in [0, 0.1) is 13.8 Å². The van der Waals surface area contributed by atoms with Gasteiger partial charge in [-0.3, -0.25) is 0 Å². The molecule has 0 amide bonds. The van der Waals surface area contributed by atoms with Crippen LogP contribution in [-0.2, 0) is 6.42 Å². The first-order valence-electron chi connectivity index (χ1n) is 6.68. The highest BCUT2D eigenvalue weighted by atomic mass is 35.5. The van der Waals surface area contributed by atoms with E-state index in [1.165, 1.54) is 16.7 Å². The molecule has 3 heteroatoms. The molecule has 1 atom stereocenters. The molecule has 106 valence electrons. The molecule has 0 aliphatic heterocycles. The maximum Gasteiger partial charge on any atom is 0.119 e. The minimum absolute atomic E-state index is 0.273. The van der Waals surface area contributed by atoms with Crippen molar-refractivity contribution < 1.29 is 9.84 Å². The number of rotatable bonds is 5. The molecule has 2 aromatic carbocycles. The number of aryl methyl sites for hydroxylation is 2. The highest BCUT2D eigenvalue weighted by Gasteiger charge is 2.10. The van der Waals surface area contributed by atoms with Crippen LogP contribution in [0.2, 0.25) is 5.02 Å². The monoisotopic (exact) mass is 290 g/mol. The summed E-state index contributed by atoms with van der Waals surface area (Å²) < 4.78 is 5.57. The Morgan fingerprint density at radius 1 is 1.05 bits per heavy atom. The Morgan fingerprint density at radius 3 is 2.25 bits per heavy atom. The molecule has 0 aliphatic carbocycles.